The number of amides is 1. The maximum Gasteiger partial charge on any atom is 0.434 e. The van der Waals surface area contributed by atoms with Crippen LogP contribution in [0.5, 0.6) is 0 Å². The summed E-state index contributed by atoms with van der Waals surface area (Å²) in [6.07, 6.45) is 1.56. The second-order valence-electron chi connectivity index (χ2n) is 6.43. The number of allylic oxidation sites excluding steroid dienone is 5. The lowest BCUT2D eigenvalue weighted by atomic mass is 10.2. The molecule has 0 spiro atoms. The third-order valence-electron chi connectivity index (χ3n) is 4.16. The molecular formula is C20H13ClF4N8O. The number of rotatable bonds is 6. The van der Waals surface area contributed by atoms with Crippen molar-refractivity contribution in [1.82, 2.24) is 29.8 Å². The van der Waals surface area contributed by atoms with Gasteiger partial charge in [-0.15, -0.1) is 4.80 Å². The monoisotopic (exact) mass is 492 g/mol. The first-order valence-corrected chi connectivity index (χ1v) is 9.55. The van der Waals surface area contributed by atoms with E-state index in [2.05, 4.69) is 32.2 Å². The van der Waals surface area contributed by atoms with Crippen molar-refractivity contribution in [3.63, 3.8) is 0 Å². The standard InChI is InChI=1S/C20H13ClF4N8O/c1-3-4-15(21)16(11(2)22)32-17(20(23,24)25)14(10-30-32)19(34)31-13-7-12(8-26)18(27-9-13)33-28-5-6-29-33/h3-7,9-10H,1H2,2H3,(H,31,34)/b15-4+,16-11-. The van der Waals surface area contributed by atoms with Crippen molar-refractivity contribution in [1.29, 1.82) is 5.26 Å². The lowest BCUT2D eigenvalue weighted by molar-refractivity contribution is -0.143. The Morgan fingerprint density at radius 3 is 2.50 bits per heavy atom. The number of halogens is 5. The molecule has 0 aliphatic heterocycles. The largest absolute Gasteiger partial charge is 0.434 e. The van der Waals surface area contributed by atoms with Crippen LogP contribution in [0.15, 0.2) is 60.4 Å². The summed E-state index contributed by atoms with van der Waals surface area (Å²) in [7, 11) is 0. The molecule has 0 radical (unpaired) electrons. The van der Waals surface area contributed by atoms with Gasteiger partial charge in [0.15, 0.2) is 11.5 Å². The second kappa shape index (κ2) is 9.67. The molecule has 174 valence electrons. The van der Waals surface area contributed by atoms with E-state index in [9.17, 15) is 27.6 Å². The van der Waals surface area contributed by atoms with Crippen molar-refractivity contribution in [2.24, 2.45) is 0 Å². The molecule has 0 saturated carbocycles. The number of hydrogen-bond donors (Lipinski definition) is 1. The molecular weight excluding hydrogens is 480 g/mol. The molecule has 3 heterocycles. The van der Waals surface area contributed by atoms with Crippen molar-refractivity contribution in [2.75, 3.05) is 5.32 Å². The van der Waals surface area contributed by atoms with Gasteiger partial charge in [-0.25, -0.2) is 14.1 Å². The Kier molecular flexibility index (Phi) is 6.92. The van der Waals surface area contributed by atoms with Crippen LogP contribution in [0.2, 0.25) is 0 Å². The van der Waals surface area contributed by atoms with Crippen molar-refractivity contribution in [2.45, 2.75) is 13.1 Å². The number of nitrogens with zero attached hydrogens (tertiary/aromatic N) is 7. The topological polar surface area (TPSA) is 114 Å². The Bertz CT molecular complexity index is 1350. The SMILES string of the molecule is C=C/C=C(Cl)\C(=C(/C)F)n1ncc(C(=O)Nc2cnc(-n3nccn3)c(C#N)c2)c1C(F)(F)F. The lowest BCUT2D eigenvalue weighted by Gasteiger charge is -2.15. The Hall–Kier alpha value is -4.31. The fraction of sp³-hybridized carbons (Fsp3) is 0.100. The molecule has 14 heteroatoms. The fourth-order valence-electron chi connectivity index (χ4n) is 2.84. The van der Waals surface area contributed by atoms with Crippen LogP contribution in [0.1, 0.15) is 28.5 Å². The van der Waals surface area contributed by atoms with E-state index >= 15 is 0 Å². The van der Waals surface area contributed by atoms with Gasteiger partial charge in [-0.3, -0.25) is 4.79 Å². The fourth-order valence-corrected chi connectivity index (χ4v) is 3.14. The molecule has 0 aliphatic rings. The van der Waals surface area contributed by atoms with E-state index in [1.165, 1.54) is 18.5 Å². The van der Waals surface area contributed by atoms with Crippen molar-refractivity contribution in [3.8, 4) is 11.9 Å². The van der Waals surface area contributed by atoms with Gasteiger partial charge < -0.3 is 5.32 Å². The molecule has 0 unspecified atom stereocenters. The minimum absolute atomic E-state index is 0.0474. The first-order valence-electron chi connectivity index (χ1n) is 9.17. The van der Waals surface area contributed by atoms with Gasteiger partial charge in [-0.1, -0.05) is 24.3 Å². The van der Waals surface area contributed by atoms with Crippen molar-refractivity contribution < 1.29 is 22.4 Å². The summed E-state index contributed by atoms with van der Waals surface area (Å²) < 4.78 is 56.0. The van der Waals surface area contributed by atoms with Gasteiger partial charge in [0.25, 0.3) is 5.91 Å². The lowest BCUT2D eigenvalue weighted by Crippen LogP contribution is -2.21. The highest BCUT2D eigenvalue weighted by Crippen LogP contribution is 2.37. The Morgan fingerprint density at radius 1 is 1.26 bits per heavy atom. The normalized spacial score (nSPS) is 12.7. The smallest absolute Gasteiger partial charge is 0.320 e. The Morgan fingerprint density at radius 2 is 1.94 bits per heavy atom. The molecule has 34 heavy (non-hydrogen) atoms. The van der Waals surface area contributed by atoms with Gasteiger partial charge in [0.2, 0.25) is 0 Å². The van der Waals surface area contributed by atoms with Gasteiger partial charge in [0, 0.05) is 0 Å². The molecule has 0 aliphatic carbocycles. The number of nitriles is 1. The summed E-state index contributed by atoms with van der Waals surface area (Å²) in [6.45, 7) is 4.25. The molecule has 3 aromatic heterocycles. The third kappa shape index (κ3) is 4.86. The van der Waals surface area contributed by atoms with E-state index in [-0.39, 0.29) is 21.8 Å². The number of carbonyl (C=O) groups is 1. The van der Waals surface area contributed by atoms with Gasteiger partial charge in [0.1, 0.15) is 23.2 Å². The van der Waals surface area contributed by atoms with Crippen LogP contribution in [0.25, 0.3) is 11.5 Å². The molecule has 0 saturated heterocycles. The quantitative estimate of drug-likeness (QED) is 0.401. The van der Waals surface area contributed by atoms with Gasteiger partial charge in [-0.2, -0.15) is 33.7 Å². The molecule has 3 aromatic rings. The van der Waals surface area contributed by atoms with Crippen LogP contribution in [0.3, 0.4) is 0 Å². The van der Waals surface area contributed by atoms with E-state index in [0.717, 1.165) is 30.1 Å². The predicted molar refractivity (Wildman–Crippen MR) is 113 cm³/mol. The zero-order chi connectivity index (χ0) is 25.0. The average molecular weight is 493 g/mol. The van der Waals surface area contributed by atoms with Gasteiger partial charge in [-0.05, 0) is 19.1 Å². The maximum absolute atomic E-state index is 14.1. The van der Waals surface area contributed by atoms with Crippen LogP contribution < -0.4 is 5.32 Å². The maximum atomic E-state index is 14.1. The average Bonchev–Trinajstić information content (AvgIpc) is 3.44. The first-order chi connectivity index (χ1) is 16.1. The molecule has 9 nitrogen and oxygen atoms in total. The molecule has 1 amide bonds. The molecule has 3 rings (SSSR count). The first kappa shape index (κ1) is 24.3. The number of anilines is 1. The summed E-state index contributed by atoms with van der Waals surface area (Å²) in [6, 6.07) is 3.02. The Labute approximate surface area is 194 Å². The van der Waals surface area contributed by atoms with Crippen LogP contribution in [0.4, 0.5) is 23.2 Å². The molecule has 0 bridgehead atoms. The summed E-state index contributed by atoms with van der Waals surface area (Å²) in [4.78, 5) is 17.8. The number of alkyl halides is 3. The molecule has 0 aromatic carbocycles. The van der Waals surface area contributed by atoms with E-state index in [4.69, 9.17) is 11.6 Å². The predicted octanol–water partition coefficient (Wildman–Crippen LogP) is 4.47. The number of aromatic nitrogens is 6. The summed E-state index contributed by atoms with van der Waals surface area (Å²) in [5.74, 6) is -2.26. The van der Waals surface area contributed by atoms with Crippen molar-refractivity contribution in [3.05, 3.63) is 77.3 Å². The molecule has 0 atom stereocenters. The van der Waals surface area contributed by atoms with E-state index in [1.807, 2.05) is 6.07 Å². The van der Waals surface area contributed by atoms with Crippen LogP contribution >= 0.6 is 11.6 Å². The second-order valence-corrected chi connectivity index (χ2v) is 6.84. The molecule has 0 fully saturated rings. The molecule has 1 N–H and O–H groups in total. The van der Waals surface area contributed by atoms with Crippen LogP contribution in [-0.4, -0.2) is 35.7 Å². The van der Waals surface area contributed by atoms with Crippen LogP contribution in [0, 0.1) is 11.3 Å². The minimum atomic E-state index is -5.11. The number of nitrogens with one attached hydrogen (secondary N) is 1. The highest BCUT2D eigenvalue weighted by atomic mass is 35.5. The van der Waals surface area contributed by atoms with Gasteiger partial charge >= 0.3 is 6.18 Å². The van der Waals surface area contributed by atoms with E-state index in [0.29, 0.717) is 6.20 Å². The highest BCUT2D eigenvalue weighted by molar-refractivity contribution is 6.36. The van der Waals surface area contributed by atoms with Crippen molar-refractivity contribution >= 4 is 28.9 Å². The number of pyridine rings is 1. The zero-order valence-electron chi connectivity index (χ0n) is 17.2. The summed E-state index contributed by atoms with van der Waals surface area (Å²) >= 11 is 5.92. The van der Waals surface area contributed by atoms with E-state index < -0.39 is 39.9 Å². The van der Waals surface area contributed by atoms with Crippen LogP contribution in [-0.2, 0) is 6.18 Å². The Balaban J connectivity index is 2.04. The zero-order valence-corrected chi connectivity index (χ0v) is 17.9. The minimum Gasteiger partial charge on any atom is -0.320 e. The summed E-state index contributed by atoms with van der Waals surface area (Å²) in [5, 5.41) is 22.4. The number of carbonyl (C=O) groups excluding carboxylic acids is 1. The number of hydrogen-bond acceptors (Lipinski definition) is 6. The summed E-state index contributed by atoms with van der Waals surface area (Å²) in [5.41, 5.74) is -3.32. The third-order valence-corrected chi connectivity index (χ3v) is 4.47. The van der Waals surface area contributed by atoms with E-state index in [1.54, 1.807) is 0 Å². The highest BCUT2D eigenvalue weighted by Gasteiger charge is 2.41. The van der Waals surface area contributed by atoms with Gasteiger partial charge in [0.05, 0.1) is 41.1 Å².